The molecule has 0 aliphatic heterocycles. The number of aromatic nitrogens is 2. The zero-order valence-electron chi connectivity index (χ0n) is 12.0. The fourth-order valence-electron chi connectivity index (χ4n) is 2.44. The second-order valence-electron chi connectivity index (χ2n) is 4.91. The van der Waals surface area contributed by atoms with Gasteiger partial charge in [-0.25, -0.2) is 4.98 Å². The summed E-state index contributed by atoms with van der Waals surface area (Å²) in [5, 5.41) is 9.12. The van der Waals surface area contributed by atoms with Gasteiger partial charge in [0.25, 0.3) is 0 Å². The van der Waals surface area contributed by atoms with Crippen molar-refractivity contribution in [2.24, 2.45) is 0 Å². The zero-order valence-corrected chi connectivity index (χ0v) is 12.0. The molecule has 0 saturated heterocycles. The number of pyridine rings is 1. The molecule has 0 saturated carbocycles. The van der Waals surface area contributed by atoms with E-state index in [2.05, 4.69) is 11.1 Å². The molecule has 4 nitrogen and oxygen atoms in total. The van der Waals surface area contributed by atoms with Gasteiger partial charge in [-0.1, -0.05) is 18.2 Å². The van der Waals surface area contributed by atoms with Gasteiger partial charge >= 0.3 is 0 Å². The molecule has 4 heteroatoms. The van der Waals surface area contributed by atoms with Gasteiger partial charge in [-0.05, 0) is 30.7 Å². The van der Waals surface area contributed by atoms with Gasteiger partial charge < -0.3 is 9.14 Å². The first-order valence-corrected chi connectivity index (χ1v) is 6.72. The third-order valence-electron chi connectivity index (χ3n) is 3.46. The van der Waals surface area contributed by atoms with Crippen LogP contribution >= 0.6 is 0 Å². The third-order valence-corrected chi connectivity index (χ3v) is 3.46. The fourth-order valence-corrected chi connectivity index (χ4v) is 2.44. The SMILES string of the molecule is COc1cccc(-c2nc3ccc(C)cn3c2CC#N)c1. The predicted molar refractivity (Wildman–Crippen MR) is 81.2 cm³/mol. The number of benzene rings is 1. The summed E-state index contributed by atoms with van der Waals surface area (Å²) in [5.41, 5.74) is 4.69. The largest absolute Gasteiger partial charge is 0.497 e. The van der Waals surface area contributed by atoms with E-state index in [4.69, 9.17) is 10.00 Å². The molecule has 0 aliphatic rings. The van der Waals surface area contributed by atoms with E-state index in [1.165, 1.54) is 0 Å². The van der Waals surface area contributed by atoms with Crippen LogP contribution in [-0.4, -0.2) is 16.5 Å². The molecule has 21 heavy (non-hydrogen) atoms. The quantitative estimate of drug-likeness (QED) is 0.737. The number of imidazole rings is 1. The topological polar surface area (TPSA) is 50.3 Å². The van der Waals surface area contributed by atoms with Crippen molar-refractivity contribution in [1.82, 2.24) is 9.38 Å². The van der Waals surface area contributed by atoms with Crippen LogP contribution in [0.1, 0.15) is 11.3 Å². The van der Waals surface area contributed by atoms with Crippen LogP contribution in [0.2, 0.25) is 0 Å². The molecule has 0 aliphatic carbocycles. The van der Waals surface area contributed by atoms with Crippen molar-refractivity contribution in [1.29, 1.82) is 5.26 Å². The van der Waals surface area contributed by atoms with Crippen LogP contribution in [0.5, 0.6) is 5.75 Å². The van der Waals surface area contributed by atoms with Crippen molar-refractivity contribution in [2.45, 2.75) is 13.3 Å². The van der Waals surface area contributed by atoms with E-state index in [1.807, 2.05) is 53.9 Å². The number of hydrogen-bond acceptors (Lipinski definition) is 3. The van der Waals surface area contributed by atoms with E-state index in [0.717, 1.165) is 33.9 Å². The first kappa shape index (κ1) is 13.2. The summed E-state index contributed by atoms with van der Waals surface area (Å²) in [7, 11) is 1.64. The molecule has 3 aromatic rings. The zero-order chi connectivity index (χ0) is 14.8. The van der Waals surface area contributed by atoms with E-state index >= 15 is 0 Å². The Labute approximate surface area is 123 Å². The number of methoxy groups -OCH3 is 1. The van der Waals surface area contributed by atoms with Crippen LogP contribution in [0.25, 0.3) is 16.9 Å². The molecule has 2 aromatic heterocycles. The van der Waals surface area contributed by atoms with E-state index in [9.17, 15) is 0 Å². The molecule has 0 N–H and O–H groups in total. The summed E-state index contributed by atoms with van der Waals surface area (Å²) in [5.74, 6) is 0.781. The Morgan fingerprint density at radius 2 is 2.14 bits per heavy atom. The van der Waals surface area contributed by atoms with Crippen LogP contribution in [0.4, 0.5) is 0 Å². The molecule has 3 rings (SSSR count). The number of hydrogen-bond donors (Lipinski definition) is 0. The van der Waals surface area contributed by atoms with E-state index in [0.29, 0.717) is 6.42 Å². The summed E-state index contributed by atoms with van der Waals surface area (Å²) in [6, 6.07) is 14.0. The standard InChI is InChI=1S/C17H15N3O/c1-12-6-7-16-19-17(15(8-9-18)20(16)11-12)13-4-3-5-14(10-13)21-2/h3-7,10-11H,8H2,1-2H3. The second-order valence-corrected chi connectivity index (χ2v) is 4.91. The summed E-state index contributed by atoms with van der Waals surface area (Å²) in [4.78, 5) is 4.67. The Morgan fingerprint density at radius 1 is 1.29 bits per heavy atom. The van der Waals surface area contributed by atoms with Crippen molar-refractivity contribution in [3.63, 3.8) is 0 Å². The van der Waals surface area contributed by atoms with E-state index in [-0.39, 0.29) is 0 Å². The van der Waals surface area contributed by atoms with Crippen LogP contribution in [0.3, 0.4) is 0 Å². The van der Waals surface area contributed by atoms with Crippen molar-refractivity contribution in [3.05, 3.63) is 53.9 Å². The monoisotopic (exact) mass is 277 g/mol. The molecule has 1 aromatic carbocycles. The molecule has 0 bridgehead atoms. The van der Waals surface area contributed by atoms with Gasteiger partial charge in [-0.3, -0.25) is 0 Å². The molecule has 0 atom stereocenters. The maximum Gasteiger partial charge on any atom is 0.137 e. The van der Waals surface area contributed by atoms with E-state index in [1.54, 1.807) is 7.11 Å². The lowest BCUT2D eigenvalue weighted by Gasteiger charge is -2.04. The molecular formula is C17H15N3O. The Bertz CT molecular complexity index is 843. The molecule has 0 amide bonds. The minimum absolute atomic E-state index is 0.317. The summed E-state index contributed by atoms with van der Waals surface area (Å²) < 4.78 is 7.26. The molecule has 0 unspecified atom stereocenters. The first-order valence-electron chi connectivity index (χ1n) is 6.72. The van der Waals surface area contributed by atoms with Gasteiger partial charge in [0.15, 0.2) is 0 Å². The minimum atomic E-state index is 0.317. The second kappa shape index (κ2) is 5.29. The van der Waals surface area contributed by atoms with Crippen LogP contribution in [0.15, 0.2) is 42.6 Å². The third kappa shape index (κ3) is 2.34. The van der Waals surface area contributed by atoms with Gasteiger partial charge in [-0.15, -0.1) is 0 Å². The highest BCUT2D eigenvalue weighted by Crippen LogP contribution is 2.27. The number of nitrogens with zero attached hydrogens (tertiary/aromatic N) is 3. The minimum Gasteiger partial charge on any atom is -0.497 e. The van der Waals surface area contributed by atoms with Crippen molar-refractivity contribution in [2.75, 3.05) is 7.11 Å². The molecule has 2 heterocycles. The van der Waals surface area contributed by atoms with Crippen LogP contribution < -0.4 is 4.74 Å². The molecular weight excluding hydrogens is 262 g/mol. The number of aryl methyl sites for hydroxylation is 1. The highest BCUT2D eigenvalue weighted by Gasteiger charge is 2.14. The number of rotatable bonds is 3. The Hall–Kier alpha value is -2.80. The average molecular weight is 277 g/mol. The van der Waals surface area contributed by atoms with Crippen molar-refractivity contribution in [3.8, 4) is 23.1 Å². The maximum atomic E-state index is 9.12. The summed E-state index contributed by atoms with van der Waals surface area (Å²) in [6.07, 6.45) is 2.33. The smallest absolute Gasteiger partial charge is 0.137 e. The molecule has 0 fully saturated rings. The lowest BCUT2D eigenvalue weighted by atomic mass is 10.1. The Balaban J connectivity index is 2.26. The molecule has 104 valence electrons. The lowest BCUT2D eigenvalue weighted by Crippen LogP contribution is -1.94. The first-order chi connectivity index (χ1) is 10.2. The van der Waals surface area contributed by atoms with Crippen molar-refractivity contribution >= 4 is 5.65 Å². The highest BCUT2D eigenvalue weighted by molar-refractivity contribution is 5.68. The van der Waals surface area contributed by atoms with Crippen LogP contribution in [-0.2, 0) is 6.42 Å². The highest BCUT2D eigenvalue weighted by atomic mass is 16.5. The lowest BCUT2D eigenvalue weighted by molar-refractivity contribution is 0.415. The van der Waals surface area contributed by atoms with Gasteiger partial charge in [0, 0.05) is 11.8 Å². The fraction of sp³-hybridized carbons (Fsp3) is 0.176. The van der Waals surface area contributed by atoms with Gasteiger partial charge in [0.2, 0.25) is 0 Å². The van der Waals surface area contributed by atoms with Gasteiger partial charge in [0.05, 0.1) is 31.0 Å². The Kier molecular flexibility index (Phi) is 3.33. The average Bonchev–Trinajstić information content (AvgIpc) is 2.86. The number of fused-ring (bicyclic) bond motifs is 1. The Morgan fingerprint density at radius 3 is 2.90 bits per heavy atom. The molecule has 0 radical (unpaired) electrons. The van der Waals surface area contributed by atoms with E-state index < -0.39 is 0 Å². The van der Waals surface area contributed by atoms with Gasteiger partial charge in [0.1, 0.15) is 11.4 Å². The predicted octanol–water partition coefficient (Wildman–Crippen LogP) is 3.38. The number of nitriles is 1. The van der Waals surface area contributed by atoms with Crippen LogP contribution in [0, 0.1) is 18.3 Å². The van der Waals surface area contributed by atoms with Gasteiger partial charge in [-0.2, -0.15) is 5.26 Å². The summed E-state index contributed by atoms with van der Waals surface area (Å²) >= 11 is 0. The summed E-state index contributed by atoms with van der Waals surface area (Å²) in [6.45, 7) is 2.03. The molecule has 0 spiro atoms. The number of ether oxygens (including phenoxy) is 1. The normalized spacial score (nSPS) is 10.5. The van der Waals surface area contributed by atoms with Crippen molar-refractivity contribution < 1.29 is 4.74 Å². The maximum absolute atomic E-state index is 9.12.